The topological polar surface area (TPSA) is 58.6 Å². The molecule has 3 fully saturated rings. The molecule has 0 bridgehead atoms. The maximum Gasteiger partial charge on any atom is 0.391 e. The van der Waals surface area contributed by atoms with E-state index in [9.17, 15) is 26.6 Å². The molecular formula is C22H28F4N2O3S. The monoisotopic (exact) mass is 476 g/mol. The summed E-state index contributed by atoms with van der Waals surface area (Å²) in [6, 6.07) is 2.61. The van der Waals surface area contributed by atoms with Gasteiger partial charge in [-0.1, -0.05) is 0 Å². The number of rotatable bonds is 7. The van der Waals surface area contributed by atoms with E-state index in [1.807, 2.05) is 0 Å². The molecule has 4 rings (SSSR count). The Labute approximate surface area is 185 Å². The normalized spacial score (nSPS) is 26.1. The molecule has 0 radical (unpaired) electrons. The average molecular weight is 477 g/mol. The Morgan fingerprint density at radius 2 is 1.81 bits per heavy atom. The van der Waals surface area contributed by atoms with Crippen LogP contribution < -0.4 is 9.46 Å². The first-order valence-corrected chi connectivity index (χ1v) is 12.7. The van der Waals surface area contributed by atoms with Gasteiger partial charge in [-0.15, -0.1) is 0 Å². The molecule has 2 saturated carbocycles. The average Bonchev–Trinajstić information content (AvgIpc) is 3.48. The number of hydrogen-bond acceptors (Lipinski definition) is 3. The van der Waals surface area contributed by atoms with Crippen molar-refractivity contribution in [3.63, 3.8) is 0 Å². The van der Waals surface area contributed by atoms with Gasteiger partial charge in [0.25, 0.3) is 5.91 Å². The molecule has 0 aromatic heterocycles. The minimum absolute atomic E-state index is 0.0148. The molecule has 5 nitrogen and oxygen atoms in total. The lowest BCUT2D eigenvalue weighted by atomic mass is 9.82. The van der Waals surface area contributed by atoms with E-state index in [-0.39, 0.29) is 36.8 Å². The molecule has 1 amide bonds. The third kappa shape index (κ3) is 5.22. The fourth-order valence-electron chi connectivity index (χ4n) is 4.29. The van der Waals surface area contributed by atoms with Gasteiger partial charge >= 0.3 is 6.18 Å². The lowest BCUT2D eigenvalue weighted by Gasteiger charge is -2.33. The number of carbonyl (C=O) groups excluding carboxylic acids is 1. The molecule has 1 aromatic rings. The third-order valence-electron chi connectivity index (χ3n) is 6.63. The summed E-state index contributed by atoms with van der Waals surface area (Å²) in [5.41, 5.74) is 0.502. The van der Waals surface area contributed by atoms with Crippen molar-refractivity contribution in [2.75, 3.05) is 19.7 Å². The van der Waals surface area contributed by atoms with Crippen molar-refractivity contribution in [3.8, 4) is 5.75 Å². The number of amides is 1. The van der Waals surface area contributed by atoms with Crippen molar-refractivity contribution >= 4 is 21.7 Å². The van der Waals surface area contributed by atoms with Crippen LogP contribution in [0.1, 0.15) is 66.8 Å². The van der Waals surface area contributed by atoms with E-state index in [2.05, 4.69) is 10.6 Å². The van der Waals surface area contributed by atoms with Crippen LogP contribution in [0.15, 0.2) is 12.1 Å². The Morgan fingerprint density at radius 3 is 2.34 bits per heavy atom. The molecular weight excluding hydrogens is 448 g/mol. The fourth-order valence-corrected chi connectivity index (χ4v) is 5.67. The predicted octanol–water partition coefficient (Wildman–Crippen LogP) is 4.43. The quantitative estimate of drug-likeness (QED) is 0.468. The zero-order chi connectivity index (χ0) is 23.1. The number of ether oxygens (including phenoxy) is 1. The van der Waals surface area contributed by atoms with Crippen LogP contribution >= 0.6 is 0 Å². The van der Waals surface area contributed by atoms with Crippen molar-refractivity contribution in [2.45, 2.75) is 57.0 Å². The Morgan fingerprint density at radius 1 is 1.16 bits per heavy atom. The Balaban J connectivity index is 1.42. The first-order valence-electron chi connectivity index (χ1n) is 11.0. The van der Waals surface area contributed by atoms with Crippen LogP contribution in [0.2, 0.25) is 0 Å². The summed E-state index contributed by atoms with van der Waals surface area (Å²) in [4.78, 5) is 12.6. The van der Waals surface area contributed by atoms with Gasteiger partial charge in [0.05, 0.1) is 18.1 Å². The zero-order valence-electron chi connectivity index (χ0n) is 17.8. The van der Waals surface area contributed by atoms with Gasteiger partial charge in [0.2, 0.25) is 0 Å². The largest absolute Gasteiger partial charge is 0.493 e. The van der Waals surface area contributed by atoms with Crippen LogP contribution in [0, 0.1) is 17.7 Å². The van der Waals surface area contributed by atoms with Crippen molar-refractivity contribution < 1.29 is 31.3 Å². The van der Waals surface area contributed by atoms with Crippen LogP contribution in [-0.2, 0) is 9.89 Å². The Kier molecular flexibility index (Phi) is 6.46. The number of alkyl halides is 3. The maximum absolute atomic E-state index is 14.8. The number of nitrogens with zero attached hydrogens (tertiary/aromatic N) is 1. The summed E-state index contributed by atoms with van der Waals surface area (Å²) in [5, 5.41) is 0. The van der Waals surface area contributed by atoms with Gasteiger partial charge < -0.3 is 4.74 Å². The van der Waals surface area contributed by atoms with E-state index in [1.165, 1.54) is 12.1 Å². The van der Waals surface area contributed by atoms with Gasteiger partial charge in [0, 0.05) is 19.2 Å². The van der Waals surface area contributed by atoms with Crippen molar-refractivity contribution in [1.82, 2.24) is 9.03 Å². The second-order valence-corrected chi connectivity index (χ2v) is 11.1. The molecule has 1 unspecified atom stereocenters. The number of nitrogens with one attached hydrogen (secondary N) is 1. The summed E-state index contributed by atoms with van der Waals surface area (Å²) >= 11 is 0. The maximum atomic E-state index is 14.8. The number of benzene rings is 1. The molecule has 178 valence electrons. The van der Waals surface area contributed by atoms with Gasteiger partial charge in [-0.25, -0.2) is 12.9 Å². The number of carbonyl (C=O) groups is 1. The van der Waals surface area contributed by atoms with E-state index in [0.29, 0.717) is 37.2 Å². The van der Waals surface area contributed by atoms with E-state index in [4.69, 9.17) is 4.74 Å². The fraction of sp³-hybridized carbons (Fsp3) is 0.636. The second-order valence-electron chi connectivity index (χ2n) is 9.07. The third-order valence-corrected chi connectivity index (χ3v) is 8.33. The minimum Gasteiger partial charge on any atom is -0.493 e. The van der Waals surface area contributed by atoms with Crippen LogP contribution in [0.25, 0.3) is 0 Å². The molecule has 10 heteroatoms. The summed E-state index contributed by atoms with van der Waals surface area (Å²) < 4.78 is 75.7. The molecule has 1 saturated heterocycles. The molecule has 3 aliphatic rings. The van der Waals surface area contributed by atoms with Crippen LogP contribution in [-0.4, -0.2) is 46.2 Å². The van der Waals surface area contributed by atoms with Crippen molar-refractivity contribution in [2.24, 2.45) is 11.8 Å². The molecule has 1 aliphatic heterocycles. The van der Waals surface area contributed by atoms with Crippen molar-refractivity contribution in [1.29, 1.82) is 0 Å². The Hall–Kier alpha value is -1.81. The highest BCUT2D eigenvalue weighted by molar-refractivity contribution is 7.96. The van der Waals surface area contributed by atoms with Gasteiger partial charge in [0.15, 0.2) is 0 Å². The first kappa shape index (κ1) is 23.4. The van der Waals surface area contributed by atoms with Gasteiger partial charge in [-0.3, -0.25) is 9.52 Å². The lowest BCUT2D eigenvalue weighted by molar-refractivity contribution is -0.184. The second kappa shape index (κ2) is 8.85. The number of halogens is 4. The summed E-state index contributed by atoms with van der Waals surface area (Å²) in [6.07, 6.45) is -0.507. The SMILES string of the molecule is C=S(=O)(NC(=O)c1cc(C2CC2)c(OCC2CCC(C(F)(F)F)CC2)cc1F)N1CCC1. The summed E-state index contributed by atoms with van der Waals surface area (Å²) in [5.74, 6) is 1.22. The molecule has 1 atom stereocenters. The van der Waals surface area contributed by atoms with Crippen LogP contribution in [0.5, 0.6) is 5.75 Å². The van der Waals surface area contributed by atoms with Crippen LogP contribution in [0.3, 0.4) is 0 Å². The number of hydrogen-bond donors (Lipinski definition) is 1. The predicted molar refractivity (Wildman–Crippen MR) is 114 cm³/mol. The lowest BCUT2D eigenvalue weighted by Crippen LogP contribution is -2.49. The standard InChI is InChI=1S/C22H28F4N2O3S/c1-32(30,28-9-2-10-28)27-21(29)18-11-17(15-5-6-15)20(12-19(18)23)31-13-14-3-7-16(8-4-14)22(24,25)26/h11-12,14-16H,1-10,13H2,(H,27,29,30). The van der Waals surface area contributed by atoms with E-state index < -0.39 is 33.7 Å². The molecule has 1 aromatic carbocycles. The van der Waals surface area contributed by atoms with E-state index in [1.54, 1.807) is 4.31 Å². The molecule has 1 N–H and O–H groups in total. The first-order chi connectivity index (χ1) is 15.0. The highest BCUT2D eigenvalue weighted by Crippen LogP contribution is 2.46. The van der Waals surface area contributed by atoms with Crippen molar-refractivity contribution in [3.05, 3.63) is 29.1 Å². The van der Waals surface area contributed by atoms with E-state index in [0.717, 1.165) is 19.3 Å². The highest BCUT2D eigenvalue weighted by Gasteiger charge is 2.41. The van der Waals surface area contributed by atoms with Gasteiger partial charge in [-0.2, -0.15) is 13.2 Å². The smallest absolute Gasteiger partial charge is 0.391 e. The van der Waals surface area contributed by atoms with Gasteiger partial charge in [0.1, 0.15) is 21.5 Å². The molecule has 32 heavy (non-hydrogen) atoms. The molecule has 0 spiro atoms. The van der Waals surface area contributed by atoms with Gasteiger partial charge in [-0.05, 0) is 74.3 Å². The molecule has 1 heterocycles. The van der Waals surface area contributed by atoms with Crippen LogP contribution in [0.4, 0.5) is 17.6 Å². The van der Waals surface area contributed by atoms with E-state index >= 15 is 0 Å². The summed E-state index contributed by atoms with van der Waals surface area (Å²) in [7, 11) is -3.00. The Bertz CT molecular complexity index is 964. The molecule has 2 aliphatic carbocycles. The summed E-state index contributed by atoms with van der Waals surface area (Å²) in [6.45, 7) is 1.35. The highest BCUT2D eigenvalue weighted by atomic mass is 32.2. The zero-order valence-corrected chi connectivity index (χ0v) is 18.6. The minimum atomic E-state index is -4.16.